The normalized spacial score (nSPS) is 12.8. The molecule has 0 radical (unpaired) electrons. The standard InChI is InChI=1S/C15H20FN3O/c1-11-3-5-13(20-11)10-19(2)8-7-14(17)15-6-4-12(16)9-18-15/h3-6,9,14H,7-8,10,17H2,1-2H3. The van der Waals surface area contributed by atoms with Gasteiger partial charge in [-0.05, 0) is 44.7 Å². The molecule has 0 saturated carbocycles. The van der Waals surface area contributed by atoms with Crippen LogP contribution in [-0.4, -0.2) is 23.5 Å². The summed E-state index contributed by atoms with van der Waals surface area (Å²) in [7, 11) is 2.02. The van der Waals surface area contributed by atoms with E-state index in [-0.39, 0.29) is 11.9 Å². The van der Waals surface area contributed by atoms with E-state index in [0.29, 0.717) is 5.69 Å². The summed E-state index contributed by atoms with van der Waals surface area (Å²) in [6.07, 6.45) is 1.96. The largest absolute Gasteiger partial charge is 0.465 e. The Hall–Kier alpha value is -1.72. The van der Waals surface area contributed by atoms with Crippen molar-refractivity contribution in [2.45, 2.75) is 25.9 Å². The van der Waals surface area contributed by atoms with Gasteiger partial charge < -0.3 is 10.2 Å². The van der Waals surface area contributed by atoms with Gasteiger partial charge in [0.25, 0.3) is 0 Å². The minimum atomic E-state index is -0.341. The molecule has 1 unspecified atom stereocenters. The Kier molecular flexibility index (Phi) is 4.87. The number of nitrogens with zero attached hydrogens (tertiary/aromatic N) is 2. The molecular formula is C15H20FN3O. The Balaban J connectivity index is 1.80. The zero-order valence-electron chi connectivity index (χ0n) is 11.8. The monoisotopic (exact) mass is 277 g/mol. The molecule has 0 aliphatic rings. The van der Waals surface area contributed by atoms with Crippen molar-refractivity contribution in [3.8, 4) is 0 Å². The molecule has 0 fully saturated rings. The highest BCUT2D eigenvalue weighted by atomic mass is 19.1. The summed E-state index contributed by atoms with van der Waals surface area (Å²) in [5, 5.41) is 0. The quantitative estimate of drug-likeness (QED) is 0.882. The SMILES string of the molecule is Cc1ccc(CN(C)CCC(N)c2ccc(F)cn2)o1. The molecule has 2 aromatic rings. The van der Waals surface area contributed by atoms with E-state index in [4.69, 9.17) is 10.2 Å². The molecule has 2 N–H and O–H groups in total. The lowest BCUT2D eigenvalue weighted by Crippen LogP contribution is -2.23. The molecule has 0 saturated heterocycles. The Morgan fingerprint density at radius 2 is 2.15 bits per heavy atom. The maximum atomic E-state index is 12.8. The lowest BCUT2D eigenvalue weighted by molar-refractivity contribution is 0.281. The van der Waals surface area contributed by atoms with Gasteiger partial charge in [-0.15, -0.1) is 0 Å². The minimum Gasteiger partial charge on any atom is -0.465 e. The van der Waals surface area contributed by atoms with Crippen LogP contribution < -0.4 is 5.73 Å². The molecule has 2 rings (SSSR count). The van der Waals surface area contributed by atoms with E-state index in [1.165, 1.54) is 12.3 Å². The summed E-state index contributed by atoms with van der Waals surface area (Å²) in [6.45, 7) is 3.50. The number of hydrogen-bond donors (Lipinski definition) is 1. The van der Waals surface area contributed by atoms with Crippen LogP contribution >= 0.6 is 0 Å². The third kappa shape index (κ3) is 4.15. The highest BCUT2D eigenvalue weighted by Crippen LogP contribution is 2.13. The van der Waals surface area contributed by atoms with E-state index < -0.39 is 0 Å². The first kappa shape index (κ1) is 14.7. The van der Waals surface area contributed by atoms with Crippen LogP contribution in [0.2, 0.25) is 0 Å². The van der Waals surface area contributed by atoms with Crippen LogP contribution in [0.15, 0.2) is 34.9 Å². The second-order valence-corrected chi connectivity index (χ2v) is 5.05. The van der Waals surface area contributed by atoms with Crippen molar-refractivity contribution < 1.29 is 8.81 Å². The maximum absolute atomic E-state index is 12.8. The maximum Gasteiger partial charge on any atom is 0.141 e. The molecule has 2 aromatic heterocycles. The number of furan rings is 1. The molecule has 0 aromatic carbocycles. The Bertz CT molecular complexity index is 538. The van der Waals surface area contributed by atoms with Gasteiger partial charge in [-0.1, -0.05) is 0 Å². The average molecular weight is 277 g/mol. The Morgan fingerprint density at radius 1 is 1.35 bits per heavy atom. The molecule has 20 heavy (non-hydrogen) atoms. The van der Waals surface area contributed by atoms with Gasteiger partial charge in [0.15, 0.2) is 0 Å². The lowest BCUT2D eigenvalue weighted by atomic mass is 10.1. The third-order valence-corrected chi connectivity index (χ3v) is 3.17. The third-order valence-electron chi connectivity index (χ3n) is 3.17. The summed E-state index contributed by atoms with van der Waals surface area (Å²) in [5.74, 6) is 1.52. The number of aromatic nitrogens is 1. The molecular weight excluding hydrogens is 257 g/mol. The van der Waals surface area contributed by atoms with E-state index >= 15 is 0 Å². The van der Waals surface area contributed by atoms with E-state index in [2.05, 4.69) is 9.88 Å². The van der Waals surface area contributed by atoms with Gasteiger partial charge in [0.1, 0.15) is 17.3 Å². The molecule has 4 nitrogen and oxygen atoms in total. The van der Waals surface area contributed by atoms with E-state index in [1.54, 1.807) is 6.07 Å². The Morgan fingerprint density at radius 3 is 2.75 bits per heavy atom. The number of nitrogens with two attached hydrogens (primary N) is 1. The lowest BCUT2D eigenvalue weighted by Gasteiger charge is -2.18. The van der Waals surface area contributed by atoms with Crippen molar-refractivity contribution in [3.05, 3.63) is 53.5 Å². The van der Waals surface area contributed by atoms with Crippen molar-refractivity contribution in [2.24, 2.45) is 5.73 Å². The van der Waals surface area contributed by atoms with Crippen molar-refractivity contribution >= 4 is 0 Å². The summed E-state index contributed by atoms with van der Waals surface area (Å²) < 4.78 is 18.3. The van der Waals surface area contributed by atoms with Crippen molar-refractivity contribution in [1.82, 2.24) is 9.88 Å². The van der Waals surface area contributed by atoms with Gasteiger partial charge in [0, 0.05) is 12.6 Å². The summed E-state index contributed by atoms with van der Waals surface area (Å²) in [4.78, 5) is 6.15. The van der Waals surface area contributed by atoms with Gasteiger partial charge in [-0.25, -0.2) is 4.39 Å². The van der Waals surface area contributed by atoms with E-state index in [0.717, 1.165) is 31.0 Å². The molecule has 0 aliphatic heterocycles. The van der Waals surface area contributed by atoms with Crippen molar-refractivity contribution in [2.75, 3.05) is 13.6 Å². The van der Waals surface area contributed by atoms with Gasteiger partial charge in [0.05, 0.1) is 18.4 Å². The second kappa shape index (κ2) is 6.63. The molecule has 0 bridgehead atoms. The smallest absolute Gasteiger partial charge is 0.141 e. The van der Waals surface area contributed by atoms with Crippen LogP contribution in [0.3, 0.4) is 0 Å². The summed E-state index contributed by atoms with van der Waals surface area (Å²) in [6, 6.07) is 6.77. The second-order valence-electron chi connectivity index (χ2n) is 5.05. The van der Waals surface area contributed by atoms with E-state index in [1.807, 2.05) is 26.1 Å². The number of aryl methyl sites for hydroxylation is 1. The van der Waals surface area contributed by atoms with Crippen molar-refractivity contribution in [3.63, 3.8) is 0 Å². The topological polar surface area (TPSA) is 55.3 Å². The van der Waals surface area contributed by atoms with Crippen LogP contribution in [0.5, 0.6) is 0 Å². The van der Waals surface area contributed by atoms with Gasteiger partial charge in [-0.3, -0.25) is 9.88 Å². The van der Waals surface area contributed by atoms with Gasteiger partial charge >= 0.3 is 0 Å². The van der Waals surface area contributed by atoms with Gasteiger partial charge in [0.2, 0.25) is 0 Å². The van der Waals surface area contributed by atoms with Gasteiger partial charge in [-0.2, -0.15) is 0 Å². The fraction of sp³-hybridized carbons (Fsp3) is 0.400. The predicted octanol–water partition coefficient (Wildman–Crippen LogP) is 2.64. The molecule has 5 heteroatoms. The minimum absolute atomic E-state index is 0.184. The molecule has 2 heterocycles. The number of pyridine rings is 1. The van der Waals surface area contributed by atoms with Crippen LogP contribution in [0.4, 0.5) is 4.39 Å². The Labute approximate surface area is 118 Å². The molecule has 0 amide bonds. The fourth-order valence-corrected chi connectivity index (χ4v) is 2.03. The zero-order valence-corrected chi connectivity index (χ0v) is 11.8. The summed E-state index contributed by atoms with van der Waals surface area (Å²) in [5.41, 5.74) is 6.77. The van der Waals surface area contributed by atoms with Crippen molar-refractivity contribution in [1.29, 1.82) is 0 Å². The fourth-order valence-electron chi connectivity index (χ4n) is 2.03. The number of rotatable bonds is 6. The predicted molar refractivity (Wildman–Crippen MR) is 75.5 cm³/mol. The highest BCUT2D eigenvalue weighted by Gasteiger charge is 2.10. The van der Waals surface area contributed by atoms with Crippen LogP contribution in [0, 0.1) is 12.7 Å². The number of hydrogen-bond acceptors (Lipinski definition) is 4. The first-order valence-electron chi connectivity index (χ1n) is 6.65. The average Bonchev–Trinajstić information content (AvgIpc) is 2.82. The highest BCUT2D eigenvalue weighted by molar-refractivity contribution is 5.09. The molecule has 0 spiro atoms. The van der Waals surface area contributed by atoms with Crippen LogP contribution in [0.25, 0.3) is 0 Å². The zero-order chi connectivity index (χ0) is 14.5. The molecule has 0 aliphatic carbocycles. The first-order valence-corrected chi connectivity index (χ1v) is 6.65. The molecule has 1 atom stereocenters. The van der Waals surface area contributed by atoms with E-state index in [9.17, 15) is 4.39 Å². The first-order chi connectivity index (χ1) is 9.54. The molecule has 108 valence electrons. The number of halogens is 1. The van der Waals surface area contributed by atoms with Crippen LogP contribution in [-0.2, 0) is 6.54 Å². The summed E-state index contributed by atoms with van der Waals surface area (Å²) >= 11 is 0. The van der Waals surface area contributed by atoms with Crippen LogP contribution in [0.1, 0.15) is 29.7 Å².